The number of carbonyl (C=O) groups is 1. The zero-order valence-corrected chi connectivity index (χ0v) is 13.4. The standard InChI is InChI=1S/C19H19N3O2/c1-14(21-18(23)13-24-16-10-6-3-7-11-16)19-20-12-17(22-19)15-8-4-2-5-9-15/h2-12,14H,13H2,1H3,(H,20,22)(H,21,23). The van der Waals surface area contributed by atoms with Crippen LogP contribution in [0.3, 0.4) is 0 Å². The largest absolute Gasteiger partial charge is 0.484 e. The van der Waals surface area contributed by atoms with E-state index in [1.165, 1.54) is 0 Å². The van der Waals surface area contributed by atoms with Gasteiger partial charge in [-0.05, 0) is 24.6 Å². The topological polar surface area (TPSA) is 67.0 Å². The Balaban J connectivity index is 1.56. The zero-order valence-electron chi connectivity index (χ0n) is 13.4. The molecule has 3 aromatic rings. The van der Waals surface area contributed by atoms with Crippen molar-refractivity contribution >= 4 is 5.91 Å². The van der Waals surface area contributed by atoms with Crippen LogP contribution in [0.25, 0.3) is 11.3 Å². The van der Waals surface area contributed by atoms with Crippen LogP contribution in [-0.4, -0.2) is 22.5 Å². The molecule has 0 aliphatic rings. The fourth-order valence-corrected chi connectivity index (χ4v) is 2.34. The van der Waals surface area contributed by atoms with Crippen LogP contribution in [0.1, 0.15) is 18.8 Å². The molecule has 0 fully saturated rings. The van der Waals surface area contributed by atoms with E-state index in [1.807, 2.05) is 67.6 Å². The molecular weight excluding hydrogens is 302 g/mol. The van der Waals surface area contributed by atoms with E-state index in [9.17, 15) is 4.79 Å². The number of nitrogens with one attached hydrogen (secondary N) is 2. The van der Waals surface area contributed by atoms with E-state index in [1.54, 1.807) is 6.20 Å². The van der Waals surface area contributed by atoms with Gasteiger partial charge in [0.15, 0.2) is 6.61 Å². The lowest BCUT2D eigenvalue weighted by atomic mass is 10.2. The summed E-state index contributed by atoms with van der Waals surface area (Å²) in [7, 11) is 0. The summed E-state index contributed by atoms with van der Waals surface area (Å²) in [4.78, 5) is 19.6. The predicted molar refractivity (Wildman–Crippen MR) is 92.5 cm³/mol. The van der Waals surface area contributed by atoms with E-state index in [0.717, 1.165) is 11.3 Å². The molecule has 5 nitrogen and oxygen atoms in total. The van der Waals surface area contributed by atoms with Gasteiger partial charge in [-0.15, -0.1) is 0 Å². The summed E-state index contributed by atoms with van der Waals surface area (Å²) < 4.78 is 5.44. The minimum Gasteiger partial charge on any atom is -0.484 e. The molecule has 0 saturated carbocycles. The third kappa shape index (κ3) is 4.01. The lowest BCUT2D eigenvalue weighted by molar-refractivity contribution is -0.123. The maximum absolute atomic E-state index is 12.0. The quantitative estimate of drug-likeness (QED) is 0.732. The minimum absolute atomic E-state index is 0.0272. The number of aromatic nitrogens is 2. The van der Waals surface area contributed by atoms with E-state index < -0.39 is 0 Å². The van der Waals surface area contributed by atoms with Crippen molar-refractivity contribution in [3.63, 3.8) is 0 Å². The van der Waals surface area contributed by atoms with Gasteiger partial charge in [-0.2, -0.15) is 0 Å². The molecule has 2 aromatic carbocycles. The van der Waals surface area contributed by atoms with Crippen molar-refractivity contribution in [3.05, 3.63) is 72.7 Å². The first kappa shape index (κ1) is 15.8. The van der Waals surface area contributed by atoms with Crippen LogP contribution in [0, 0.1) is 0 Å². The molecule has 0 radical (unpaired) electrons. The van der Waals surface area contributed by atoms with E-state index in [-0.39, 0.29) is 18.6 Å². The number of amides is 1. The van der Waals surface area contributed by atoms with Crippen molar-refractivity contribution in [2.24, 2.45) is 0 Å². The van der Waals surface area contributed by atoms with Gasteiger partial charge in [0, 0.05) is 0 Å². The van der Waals surface area contributed by atoms with Crippen molar-refractivity contribution in [1.29, 1.82) is 0 Å². The van der Waals surface area contributed by atoms with Gasteiger partial charge in [-0.25, -0.2) is 4.98 Å². The Morgan fingerprint density at radius 2 is 1.79 bits per heavy atom. The monoisotopic (exact) mass is 321 g/mol. The first-order chi connectivity index (χ1) is 11.7. The highest BCUT2D eigenvalue weighted by atomic mass is 16.5. The second kappa shape index (κ2) is 7.46. The molecule has 1 aromatic heterocycles. The average molecular weight is 321 g/mol. The van der Waals surface area contributed by atoms with Crippen LogP contribution < -0.4 is 10.1 Å². The summed E-state index contributed by atoms with van der Waals surface area (Å²) in [5, 5.41) is 2.87. The number of benzene rings is 2. The van der Waals surface area contributed by atoms with E-state index in [4.69, 9.17) is 4.74 Å². The van der Waals surface area contributed by atoms with Crippen LogP contribution in [0.4, 0.5) is 0 Å². The molecule has 5 heteroatoms. The number of ether oxygens (including phenoxy) is 1. The molecule has 1 amide bonds. The molecule has 0 saturated heterocycles. The third-order valence-corrected chi connectivity index (χ3v) is 3.58. The fraction of sp³-hybridized carbons (Fsp3) is 0.158. The van der Waals surface area contributed by atoms with Gasteiger partial charge in [0.2, 0.25) is 0 Å². The number of aromatic amines is 1. The summed E-state index contributed by atoms with van der Waals surface area (Å²) in [6.07, 6.45) is 1.77. The number of imidazole rings is 1. The van der Waals surface area contributed by atoms with Crippen LogP contribution in [0.15, 0.2) is 66.9 Å². The van der Waals surface area contributed by atoms with Gasteiger partial charge in [-0.1, -0.05) is 48.5 Å². The average Bonchev–Trinajstić information content (AvgIpc) is 3.12. The molecular formula is C19H19N3O2. The van der Waals surface area contributed by atoms with E-state index in [0.29, 0.717) is 11.6 Å². The maximum Gasteiger partial charge on any atom is 0.258 e. The van der Waals surface area contributed by atoms with Gasteiger partial charge in [0.05, 0.1) is 17.9 Å². The highest BCUT2D eigenvalue weighted by molar-refractivity contribution is 5.77. The number of H-pyrrole nitrogens is 1. The fourth-order valence-electron chi connectivity index (χ4n) is 2.34. The van der Waals surface area contributed by atoms with Crippen LogP contribution in [0.5, 0.6) is 5.75 Å². The van der Waals surface area contributed by atoms with E-state index >= 15 is 0 Å². The lowest BCUT2D eigenvalue weighted by Crippen LogP contribution is -2.31. The van der Waals surface area contributed by atoms with Crippen molar-refractivity contribution in [3.8, 4) is 17.0 Å². The summed E-state index contributed by atoms with van der Waals surface area (Å²) in [6.45, 7) is 1.86. The van der Waals surface area contributed by atoms with Crippen molar-refractivity contribution < 1.29 is 9.53 Å². The molecule has 1 heterocycles. The molecule has 0 bridgehead atoms. The number of hydrogen-bond acceptors (Lipinski definition) is 3. The van der Waals surface area contributed by atoms with Crippen LogP contribution in [0.2, 0.25) is 0 Å². The number of carbonyl (C=O) groups excluding carboxylic acids is 1. The Labute approximate surface area is 140 Å². The van der Waals surface area contributed by atoms with Crippen LogP contribution in [-0.2, 0) is 4.79 Å². The molecule has 0 aliphatic heterocycles. The molecule has 2 N–H and O–H groups in total. The van der Waals surface area contributed by atoms with Crippen molar-refractivity contribution in [2.45, 2.75) is 13.0 Å². The molecule has 24 heavy (non-hydrogen) atoms. The molecule has 1 atom stereocenters. The molecule has 0 spiro atoms. The van der Waals surface area contributed by atoms with Gasteiger partial charge in [-0.3, -0.25) is 4.79 Å². The maximum atomic E-state index is 12.0. The number of nitrogens with zero attached hydrogens (tertiary/aromatic N) is 1. The Hall–Kier alpha value is -3.08. The second-order valence-corrected chi connectivity index (χ2v) is 5.44. The predicted octanol–water partition coefficient (Wildman–Crippen LogP) is 3.33. The highest BCUT2D eigenvalue weighted by Gasteiger charge is 2.13. The van der Waals surface area contributed by atoms with Gasteiger partial charge >= 0.3 is 0 Å². The van der Waals surface area contributed by atoms with Crippen molar-refractivity contribution in [2.75, 3.05) is 6.61 Å². The smallest absolute Gasteiger partial charge is 0.258 e. The summed E-state index contributed by atoms with van der Waals surface area (Å²) in [5.74, 6) is 1.19. The molecule has 0 aliphatic carbocycles. The Morgan fingerprint density at radius 3 is 2.50 bits per heavy atom. The number of para-hydroxylation sites is 1. The minimum atomic E-state index is -0.227. The lowest BCUT2D eigenvalue weighted by Gasteiger charge is -2.12. The summed E-state index contributed by atoms with van der Waals surface area (Å²) >= 11 is 0. The third-order valence-electron chi connectivity index (χ3n) is 3.58. The van der Waals surface area contributed by atoms with E-state index in [2.05, 4.69) is 15.3 Å². The summed E-state index contributed by atoms with van der Waals surface area (Å²) in [5.41, 5.74) is 1.98. The van der Waals surface area contributed by atoms with Gasteiger partial charge in [0.25, 0.3) is 5.91 Å². The van der Waals surface area contributed by atoms with Gasteiger partial charge < -0.3 is 15.0 Å². The Kier molecular flexibility index (Phi) is 4.91. The Morgan fingerprint density at radius 1 is 1.12 bits per heavy atom. The number of rotatable bonds is 6. The first-order valence-corrected chi connectivity index (χ1v) is 7.80. The zero-order chi connectivity index (χ0) is 16.8. The van der Waals surface area contributed by atoms with Crippen LogP contribution >= 0.6 is 0 Å². The SMILES string of the molecule is CC(NC(=O)COc1ccccc1)c1ncc(-c2ccccc2)[nH]1. The normalized spacial score (nSPS) is 11.7. The molecule has 1 unspecified atom stereocenters. The molecule has 122 valence electrons. The number of hydrogen-bond donors (Lipinski definition) is 2. The first-order valence-electron chi connectivity index (χ1n) is 7.80. The summed E-state index contributed by atoms with van der Waals surface area (Å²) in [6, 6.07) is 19.0. The second-order valence-electron chi connectivity index (χ2n) is 5.44. The van der Waals surface area contributed by atoms with Gasteiger partial charge in [0.1, 0.15) is 11.6 Å². The Bertz CT molecular complexity index is 785. The molecule has 3 rings (SSSR count). The van der Waals surface area contributed by atoms with Crippen molar-refractivity contribution in [1.82, 2.24) is 15.3 Å². The highest BCUT2D eigenvalue weighted by Crippen LogP contribution is 2.18.